The normalized spacial score (nSPS) is 53.4. The number of rotatable bonds is 0. The Balaban J connectivity index is 1.83. The van der Waals surface area contributed by atoms with E-state index in [2.05, 4.69) is 41.6 Å². The summed E-state index contributed by atoms with van der Waals surface area (Å²) in [7, 11) is 0. The van der Waals surface area contributed by atoms with Gasteiger partial charge in [0, 0.05) is 18.1 Å². The molecule has 3 aliphatic heterocycles. The summed E-state index contributed by atoms with van der Waals surface area (Å²) in [4.78, 5) is 2.62. The van der Waals surface area contributed by atoms with Crippen LogP contribution in [0.5, 0.6) is 0 Å². The first kappa shape index (κ1) is 11.0. The molecule has 0 aromatic heterocycles. The van der Waals surface area contributed by atoms with Crippen molar-refractivity contribution in [2.24, 2.45) is 0 Å². The summed E-state index contributed by atoms with van der Waals surface area (Å²) in [6, 6.07) is 1.90. The van der Waals surface area contributed by atoms with Gasteiger partial charge in [0.05, 0.1) is 18.5 Å². The van der Waals surface area contributed by atoms with E-state index in [1.807, 2.05) is 0 Å². The summed E-state index contributed by atoms with van der Waals surface area (Å²) in [5, 5.41) is 11.2. The fourth-order valence-corrected chi connectivity index (χ4v) is 3.67. The van der Waals surface area contributed by atoms with Crippen LogP contribution in [0.4, 0.5) is 0 Å². The Morgan fingerprint density at radius 2 is 1.00 bits per heavy atom. The quantitative estimate of drug-likeness (QED) is 0.557. The zero-order chi connectivity index (χ0) is 11.3. The summed E-state index contributed by atoms with van der Waals surface area (Å²) in [5.41, 5.74) is 0. The average molecular weight is 224 g/mol. The molecule has 0 aliphatic carbocycles. The van der Waals surface area contributed by atoms with Crippen LogP contribution in [0.15, 0.2) is 0 Å². The Bertz CT molecular complexity index is 209. The minimum absolute atomic E-state index is 0.565. The predicted molar refractivity (Wildman–Crippen MR) is 64.8 cm³/mol. The molecule has 16 heavy (non-hydrogen) atoms. The van der Waals surface area contributed by atoms with Gasteiger partial charge in [-0.05, 0) is 40.0 Å². The molecule has 6 atom stereocenters. The number of hydrogen-bond donors (Lipinski definition) is 3. The molecule has 3 saturated heterocycles. The first-order valence-corrected chi connectivity index (χ1v) is 6.69. The van der Waals surface area contributed by atoms with Crippen LogP contribution in [0, 0.1) is 0 Å². The zero-order valence-corrected chi connectivity index (χ0v) is 10.5. The van der Waals surface area contributed by atoms with Crippen LogP contribution < -0.4 is 16.0 Å². The van der Waals surface area contributed by atoms with Gasteiger partial charge in [0.1, 0.15) is 0 Å². The molecule has 0 aromatic carbocycles. The van der Waals surface area contributed by atoms with Crippen molar-refractivity contribution in [1.82, 2.24) is 20.9 Å². The van der Waals surface area contributed by atoms with Gasteiger partial charge in [-0.25, -0.2) is 0 Å². The molecular formula is C12H24N4. The second-order valence-electron chi connectivity index (χ2n) is 5.90. The molecule has 0 amide bonds. The molecule has 0 bridgehead atoms. The van der Waals surface area contributed by atoms with E-state index in [9.17, 15) is 0 Å². The van der Waals surface area contributed by atoms with Crippen LogP contribution in [0.25, 0.3) is 0 Å². The van der Waals surface area contributed by atoms with E-state index < -0.39 is 0 Å². The van der Waals surface area contributed by atoms with Gasteiger partial charge >= 0.3 is 0 Å². The lowest BCUT2D eigenvalue weighted by atomic mass is 9.94. The van der Waals surface area contributed by atoms with Crippen LogP contribution in [0.3, 0.4) is 0 Å². The zero-order valence-electron chi connectivity index (χ0n) is 10.5. The Morgan fingerprint density at radius 3 is 1.31 bits per heavy atom. The highest BCUT2D eigenvalue weighted by molar-refractivity contribution is 4.99. The predicted octanol–water partition coefficient (Wildman–Crippen LogP) is 0.412. The van der Waals surface area contributed by atoms with E-state index in [1.165, 1.54) is 19.3 Å². The molecular weight excluding hydrogens is 200 g/mol. The molecule has 3 heterocycles. The third-order valence-corrected chi connectivity index (χ3v) is 4.24. The second kappa shape index (κ2) is 3.95. The van der Waals surface area contributed by atoms with Crippen LogP contribution in [0.2, 0.25) is 0 Å². The number of nitrogens with one attached hydrogen (secondary N) is 3. The molecule has 3 aliphatic rings. The molecule has 0 radical (unpaired) electrons. The van der Waals surface area contributed by atoms with E-state index in [0.717, 1.165) is 0 Å². The minimum atomic E-state index is 0.565. The molecule has 92 valence electrons. The minimum Gasteiger partial charge on any atom is -0.299 e. The first-order valence-electron chi connectivity index (χ1n) is 6.69. The molecule has 3 fully saturated rings. The Hall–Kier alpha value is -0.160. The van der Waals surface area contributed by atoms with Crippen LogP contribution in [-0.2, 0) is 0 Å². The van der Waals surface area contributed by atoms with Crippen molar-refractivity contribution in [3.8, 4) is 0 Å². The summed E-state index contributed by atoms with van der Waals surface area (Å²) >= 11 is 0. The van der Waals surface area contributed by atoms with E-state index in [1.54, 1.807) is 0 Å². The first-order chi connectivity index (χ1) is 7.63. The second-order valence-corrected chi connectivity index (χ2v) is 5.90. The lowest BCUT2D eigenvalue weighted by Crippen LogP contribution is -2.76. The molecule has 0 saturated carbocycles. The van der Waals surface area contributed by atoms with Gasteiger partial charge in [0.2, 0.25) is 0 Å². The van der Waals surface area contributed by atoms with Crippen molar-refractivity contribution in [2.45, 2.75) is 76.7 Å². The van der Waals surface area contributed by atoms with Gasteiger partial charge in [-0.1, -0.05) is 0 Å². The third kappa shape index (κ3) is 1.78. The van der Waals surface area contributed by atoms with Gasteiger partial charge < -0.3 is 0 Å². The highest BCUT2D eigenvalue weighted by Crippen LogP contribution is 2.29. The van der Waals surface area contributed by atoms with E-state index in [-0.39, 0.29) is 0 Å². The van der Waals surface area contributed by atoms with Crippen molar-refractivity contribution in [3.63, 3.8) is 0 Å². The molecule has 0 unspecified atom stereocenters. The summed E-state index contributed by atoms with van der Waals surface area (Å²) in [5.74, 6) is 0. The van der Waals surface area contributed by atoms with Crippen LogP contribution in [-0.4, -0.2) is 41.5 Å². The fraction of sp³-hybridized carbons (Fsp3) is 1.00. The van der Waals surface area contributed by atoms with Crippen LogP contribution in [0.1, 0.15) is 40.0 Å². The van der Waals surface area contributed by atoms with E-state index in [0.29, 0.717) is 36.6 Å². The maximum absolute atomic E-state index is 3.74. The smallest absolute Gasteiger partial charge is 0.0642 e. The van der Waals surface area contributed by atoms with Crippen molar-refractivity contribution >= 4 is 0 Å². The van der Waals surface area contributed by atoms with Gasteiger partial charge in [-0.15, -0.1) is 0 Å². The van der Waals surface area contributed by atoms with Crippen LogP contribution >= 0.6 is 0 Å². The molecule has 3 rings (SSSR count). The van der Waals surface area contributed by atoms with Gasteiger partial charge in [0.25, 0.3) is 0 Å². The highest BCUT2D eigenvalue weighted by atomic mass is 15.5. The molecule has 0 aromatic rings. The molecule has 3 N–H and O–H groups in total. The number of hydrogen-bond acceptors (Lipinski definition) is 4. The van der Waals surface area contributed by atoms with Crippen molar-refractivity contribution in [1.29, 1.82) is 0 Å². The van der Waals surface area contributed by atoms with E-state index in [4.69, 9.17) is 0 Å². The van der Waals surface area contributed by atoms with Gasteiger partial charge in [-0.2, -0.15) is 0 Å². The Morgan fingerprint density at radius 1 is 0.688 bits per heavy atom. The molecule has 4 heteroatoms. The maximum atomic E-state index is 3.74. The summed E-state index contributed by atoms with van der Waals surface area (Å²) in [6.45, 7) is 6.92. The number of nitrogens with zero attached hydrogens (tertiary/aromatic N) is 1. The summed E-state index contributed by atoms with van der Waals surface area (Å²) in [6.07, 6.45) is 5.34. The fourth-order valence-electron chi connectivity index (χ4n) is 3.67. The average Bonchev–Trinajstić information content (AvgIpc) is 2.14. The largest absolute Gasteiger partial charge is 0.299 e. The van der Waals surface area contributed by atoms with Crippen molar-refractivity contribution in [2.75, 3.05) is 0 Å². The third-order valence-electron chi connectivity index (χ3n) is 4.24. The standard InChI is InChI=1S/C12H24N4/c1-7-4-10-14-9(3)6-12-15-8(2)5-11(13-7)16(10)12/h7-15H,4-6H2,1-3H3/t7-,8-,9-,10-,11-,12-/m1/s1. The lowest BCUT2D eigenvalue weighted by Gasteiger charge is -2.57. The SMILES string of the molecule is C[C@@H]1C[C@@H]2N[C@H](C)C[C@@H]3N[C@H](C)C[C@H](N1)N32. The van der Waals surface area contributed by atoms with E-state index >= 15 is 0 Å². The molecule has 0 spiro atoms. The van der Waals surface area contributed by atoms with Crippen molar-refractivity contribution in [3.05, 3.63) is 0 Å². The topological polar surface area (TPSA) is 39.3 Å². The molecule has 4 nitrogen and oxygen atoms in total. The Labute approximate surface area is 98.1 Å². The Kier molecular flexibility index (Phi) is 2.70. The lowest BCUT2D eigenvalue weighted by molar-refractivity contribution is -0.0841. The van der Waals surface area contributed by atoms with Gasteiger partial charge in [0.15, 0.2) is 0 Å². The monoisotopic (exact) mass is 224 g/mol. The van der Waals surface area contributed by atoms with Crippen molar-refractivity contribution < 1.29 is 0 Å². The summed E-state index contributed by atoms with van der Waals surface area (Å²) < 4.78 is 0. The highest BCUT2D eigenvalue weighted by Gasteiger charge is 2.45. The van der Waals surface area contributed by atoms with Gasteiger partial charge in [-0.3, -0.25) is 20.9 Å². The maximum Gasteiger partial charge on any atom is 0.0642 e.